The lowest BCUT2D eigenvalue weighted by molar-refractivity contribution is -0.139. The summed E-state index contributed by atoms with van der Waals surface area (Å²) >= 11 is 0. The van der Waals surface area contributed by atoms with E-state index in [1.807, 2.05) is 64.4 Å². The van der Waals surface area contributed by atoms with E-state index in [-0.39, 0.29) is 12.5 Å². The summed E-state index contributed by atoms with van der Waals surface area (Å²) in [6, 6.07) is 19.1. The molecule has 4 aromatic rings. The van der Waals surface area contributed by atoms with Crippen LogP contribution < -0.4 is 20.3 Å². The highest BCUT2D eigenvalue weighted by atomic mass is 16.5. The first kappa shape index (κ1) is 31.3. The topological polar surface area (TPSA) is 115 Å². The first-order chi connectivity index (χ1) is 21.8. The molecule has 0 fully saturated rings. The number of carbonyl (C=O) groups is 3. The highest BCUT2D eigenvalue weighted by Gasteiger charge is 2.25. The van der Waals surface area contributed by atoms with Gasteiger partial charge in [0, 0.05) is 36.1 Å². The Hall–Kier alpha value is -5.12. The number of carbonyl (C=O) groups excluding carboxylic acids is 3. The van der Waals surface area contributed by atoms with Crippen molar-refractivity contribution in [2.75, 3.05) is 37.0 Å². The van der Waals surface area contributed by atoms with Crippen molar-refractivity contribution in [3.05, 3.63) is 95.3 Å². The summed E-state index contributed by atoms with van der Waals surface area (Å²) < 4.78 is 12.4. The molecule has 1 aromatic heterocycles. The second kappa shape index (κ2) is 14.6. The van der Waals surface area contributed by atoms with Crippen molar-refractivity contribution in [1.29, 1.82) is 0 Å². The highest BCUT2D eigenvalue weighted by Crippen LogP contribution is 2.36. The molecule has 0 spiro atoms. The fourth-order valence-electron chi connectivity index (χ4n) is 5.50. The summed E-state index contributed by atoms with van der Waals surface area (Å²) in [6.45, 7) is 5.61. The lowest BCUT2D eigenvalue weighted by Gasteiger charge is -2.31. The number of aromatic nitrogens is 2. The van der Waals surface area contributed by atoms with Crippen LogP contribution in [0.3, 0.4) is 0 Å². The third kappa shape index (κ3) is 7.89. The average molecular weight is 610 g/mol. The van der Waals surface area contributed by atoms with Gasteiger partial charge < -0.3 is 25.0 Å². The van der Waals surface area contributed by atoms with Gasteiger partial charge in [0.15, 0.2) is 0 Å². The van der Waals surface area contributed by atoms with Crippen molar-refractivity contribution >= 4 is 29.3 Å². The number of rotatable bonds is 11. The number of urea groups is 1. The fourth-order valence-corrected chi connectivity index (χ4v) is 5.50. The summed E-state index contributed by atoms with van der Waals surface area (Å²) in [5.41, 5.74) is 8.06. The van der Waals surface area contributed by atoms with Crippen LogP contribution in [0.4, 0.5) is 16.2 Å². The Bertz CT molecular complexity index is 1680. The number of ether oxygens (including phenoxy) is 2. The highest BCUT2D eigenvalue weighted by molar-refractivity contribution is 5.96. The minimum absolute atomic E-state index is 0.112. The number of methoxy groups -OCH3 is 1. The zero-order valence-electron chi connectivity index (χ0n) is 26.0. The van der Waals surface area contributed by atoms with E-state index in [1.165, 1.54) is 12.7 Å². The predicted molar refractivity (Wildman–Crippen MR) is 174 cm³/mol. The maximum atomic E-state index is 13.3. The smallest absolute Gasteiger partial charge is 0.325 e. The maximum absolute atomic E-state index is 13.3. The monoisotopic (exact) mass is 609 g/mol. The number of nitrogens with one attached hydrogen (secondary N) is 2. The van der Waals surface area contributed by atoms with E-state index in [9.17, 15) is 14.4 Å². The van der Waals surface area contributed by atoms with E-state index < -0.39 is 12.0 Å². The van der Waals surface area contributed by atoms with E-state index >= 15 is 0 Å². The van der Waals surface area contributed by atoms with Gasteiger partial charge in [-0.3, -0.25) is 14.3 Å². The Balaban J connectivity index is 1.21. The van der Waals surface area contributed by atoms with Crippen molar-refractivity contribution in [3.63, 3.8) is 0 Å². The molecule has 0 aliphatic carbocycles. The van der Waals surface area contributed by atoms with E-state index in [2.05, 4.69) is 46.4 Å². The number of fused-ring (bicyclic) bond motifs is 1. The number of hydrogen-bond acceptors (Lipinski definition) is 6. The predicted octanol–water partition coefficient (Wildman–Crippen LogP) is 5.65. The van der Waals surface area contributed by atoms with Gasteiger partial charge in [0.25, 0.3) is 0 Å². The number of nitrogens with zero attached hydrogens (tertiary/aromatic N) is 3. The molecule has 45 heavy (non-hydrogen) atoms. The van der Waals surface area contributed by atoms with Crippen LogP contribution in [0.15, 0.2) is 73.1 Å². The van der Waals surface area contributed by atoms with Gasteiger partial charge in [0.1, 0.15) is 12.3 Å². The van der Waals surface area contributed by atoms with Gasteiger partial charge >= 0.3 is 12.0 Å². The van der Waals surface area contributed by atoms with Gasteiger partial charge in [-0.25, -0.2) is 4.79 Å². The number of anilines is 2. The van der Waals surface area contributed by atoms with Crippen LogP contribution in [-0.4, -0.2) is 54.5 Å². The average Bonchev–Trinajstić information content (AvgIpc) is 3.51. The number of hydrogen-bond donors (Lipinski definition) is 2. The molecule has 0 saturated heterocycles. The van der Waals surface area contributed by atoms with Gasteiger partial charge in [-0.15, -0.1) is 0 Å². The summed E-state index contributed by atoms with van der Waals surface area (Å²) in [4.78, 5) is 38.6. The molecule has 1 aliphatic rings. The Morgan fingerprint density at radius 3 is 2.69 bits per heavy atom. The van der Waals surface area contributed by atoms with Crippen LogP contribution >= 0.6 is 0 Å². The number of benzene rings is 3. The molecule has 2 heterocycles. The molecule has 234 valence electrons. The fraction of sp³-hybridized carbons (Fsp3) is 0.314. The van der Waals surface area contributed by atoms with Crippen LogP contribution in [0.5, 0.6) is 5.75 Å². The molecule has 10 nitrogen and oxygen atoms in total. The minimum Gasteiger partial charge on any atom is -0.493 e. The maximum Gasteiger partial charge on any atom is 0.325 e. The van der Waals surface area contributed by atoms with Crippen molar-refractivity contribution in [1.82, 2.24) is 15.1 Å². The van der Waals surface area contributed by atoms with Crippen molar-refractivity contribution < 1.29 is 23.9 Å². The zero-order valence-corrected chi connectivity index (χ0v) is 26.0. The molecule has 0 unspecified atom stereocenters. The molecule has 0 saturated carbocycles. The van der Waals surface area contributed by atoms with E-state index in [4.69, 9.17) is 4.74 Å². The quantitative estimate of drug-likeness (QED) is 0.168. The van der Waals surface area contributed by atoms with Crippen molar-refractivity contribution in [2.45, 2.75) is 46.1 Å². The van der Waals surface area contributed by atoms with Crippen molar-refractivity contribution in [2.24, 2.45) is 0 Å². The van der Waals surface area contributed by atoms with Gasteiger partial charge in [0.2, 0.25) is 5.91 Å². The Morgan fingerprint density at radius 2 is 1.84 bits per heavy atom. The first-order valence-electron chi connectivity index (χ1n) is 15.2. The molecule has 3 aromatic carbocycles. The van der Waals surface area contributed by atoms with Crippen LogP contribution in [0, 0.1) is 13.8 Å². The van der Waals surface area contributed by atoms with Gasteiger partial charge in [0.05, 0.1) is 26.5 Å². The molecular weight excluding hydrogens is 570 g/mol. The second-order valence-corrected chi connectivity index (χ2v) is 11.1. The molecule has 5 rings (SSSR count). The van der Waals surface area contributed by atoms with E-state index in [0.717, 1.165) is 52.1 Å². The number of aryl methyl sites for hydroxylation is 1. The summed E-state index contributed by atoms with van der Waals surface area (Å²) in [5.74, 6) is 0.461. The minimum atomic E-state index is -0.526. The third-order valence-corrected chi connectivity index (χ3v) is 7.99. The zero-order chi connectivity index (χ0) is 31.8. The molecule has 0 radical (unpaired) electrons. The van der Waals surface area contributed by atoms with Gasteiger partial charge in [-0.2, -0.15) is 5.10 Å². The molecule has 10 heteroatoms. The normalized spacial score (nSPS) is 12.3. The van der Waals surface area contributed by atoms with Gasteiger partial charge in [-0.05, 0) is 85.2 Å². The van der Waals surface area contributed by atoms with Crippen LogP contribution in [0.2, 0.25) is 0 Å². The standard InChI is InChI=1S/C35H39N5O5/c1-24-9-4-15-32(25(24)2)45-18-8-16-33(41)40-17-7-13-30-29(12-6-14-31(30)40)27-20-37-39(23-27)22-26-10-5-11-28(19-26)38-35(43)36-21-34(42)44-3/h4-6,9-12,14-15,19-20,23H,7-8,13,16-18,21-22H2,1-3H3,(H2,36,38,43). The lowest BCUT2D eigenvalue weighted by atomic mass is 9.93. The Morgan fingerprint density at radius 1 is 1.02 bits per heavy atom. The second-order valence-electron chi connectivity index (χ2n) is 11.1. The number of amides is 3. The molecule has 0 atom stereocenters. The van der Waals surface area contributed by atoms with E-state index in [0.29, 0.717) is 38.2 Å². The van der Waals surface area contributed by atoms with Crippen LogP contribution in [-0.2, 0) is 27.3 Å². The molecule has 3 amide bonds. The molecule has 0 bridgehead atoms. The largest absolute Gasteiger partial charge is 0.493 e. The summed E-state index contributed by atoms with van der Waals surface area (Å²) in [6.07, 6.45) is 6.72. The van der Waals surface area contributed by atoms with Crippen molar-refractivity contribution in [3.8, 4) is 16.9 Å². The lowest BCUT2D eigenvalue weighted by Crippen LogP contribution is -2.35. The Kier molecular flexibility index (Phi) is 10.1. The Labute approximate surface area is 263 Å². The molecule has 2 N–H and O–H groups in total. The van der Waals surface area contributed by atoms with Gasteiger partial charge in [-0.1, -0.05) is 36.4 Å². The summed E-state index contributed by atoms with van der Waals surface area (Å²) in [7, 11) is 1.27. The summed E-state index contributed by atoms with van der Waals surface area (Å²) in [5, 5.41) is 9.78. The van der Waals surface area contributed by atoms with E-state index in [1.54, 1.807) is 6.07 Å². The third-order valence-electron chi connectivity index (χ3n) is 7.99. The van der Waals surface area contributed by atoms with Crippen LogP contribution in [0.1, 0.15) is 41.5 Å². The molecular formula is C35H39N5O5. The first-order valence-corrected chi connectivity index (χ1v) is 15.2. The molecule has 1 aliphatic heterocycles. The van der Waals surface area contributed by atoms with Crippen LogP contribution in [0.25, 0.3) is 11.1 Å². The SMILES string of the molecule is COC(=O)CNC(=O)Nc1cccc(Cn2cc(-c3cccc4c3CCCN4C(=O)CCCOc3cccc(C)c3C)cn2)c1. The number of esters is 1.